The second kappa shape index (κ2) is 6.47. The van der Waals surface area contributed by atoms with Gasteiger partial charge in [-0.25, -0.2) is 4.39 Å². The molecule has 1 aromatic carbocycles. The standard InChI is InChI=1S/C13H16Cl2FNS/c1-8(17-9-3-2-4-18-7-9)10-5-13(16)12(15)6-11(10)14/h5-6,8-9,17H,2-4,7H2,1H3. The Bertz CT molecular complexity index is 422. The summed E-state index contributed by atoms with van der Waals surface area (Å²) < 4.78 is 13.5. The van der Waals surface area contributed by atoms with E-state index in [0.717, 1.165) is 11.3 Å². The van der Waals surface area contributed by atoms with Crippen molar-refractivity contribution in [1.82, 2.24) is 5.32 Å². The summed E-state index contributed by atoms with van der Waals surface area (Å²) in [7, 11) is 0. The molecular weight excluding hydrogens is 292 g/mol. The van der Waals surface area contributed by atoms with E-state index in [1.165, 1.54) is 30.7 Å². The minimum atomic E-state index is -0.414. The summed E-state index contributed by atoms with van der Waals surface area (Å²) in [5, 5.41) is 4.10. The number of hydrogen-bond donors (Lipinski definition) is 1. The molecule has 0 spiro atoms. The molecule has 0 saturated carbocycles. The van der Waals surface area contributed by atoms with Crippen LogP contribution >= 0.6 is 35.0 Å². The quantitative estimate of drug-likeness (QED) is 0.814. The smallest absolute Gasteiger partial charge is 0.142 e. The first-order valence-corrected chi connectivity index (χ1v) is 7.97. The molecule has 0 amide bonds. The molecule has 1 aromatic rings. The maximum atomic E-state index is 13.5. The van der Waals surface area contributed by atoms with E-state index in [2.05, 4.69) is 5.32 Å². The number of benzene rings is 1. The van der Waals surface area contributed by atoms with Crippen LogP contribution in [0.3, 0.4) is 0 Å². The van der Waals surface area contributed by atoms with E-state index >= 15 is 0 Å². The predicted molar refractivity (Wildman–Crippen MR) is 78.3 cm³/mol. The van der Waals surface area contributed by atoms with Gasteiger partial charge >= 0.3 is 0 Å². The summed E-state index contributed by atoms with van der Waals surface area (Å²) in [5.74, 6) is 1.93. The van der Waals surface area contributed by atoms with E-state index in [4.69, 9.17) is 23.2 Å². The van der Waals surface area contributed by atoms with Crippen LogP contribution in [0, 0.1) is 5.82 Å². The maximum Gasteiger partial charge on any atom is 0.142 e. The van der Waals surface area contributed by atoms with Gasteiger partial charge in [0.05, 0.1) is 5.02 Å². The van der Waals surface area contributed by atoms with Crippen molar-refractivity contribution >= 4 is 35.0 Å². The van der Waals surface area contributed by atoms with Crippen LogP contribution in [0.5, 0.6) is 0 Å². The van der Waals surface area contributed by atoms with Crippen LogP contribution in [0.4, 0.5) is 4.39 Å². The summed E-state index contributed by atoms with van der Waals surface area (Å²) in [6.07, 6.45) is 2.41. The van der Waals surface area contributed by atoms with E-state index < -0.39 is 5.82 Å². The third-order valence-electron chi connectivity index (χ3n) is 3.15. The van der Waals surface area contributed by atoms with E-state index in [0.29, 0.717) is 11.1 Å². The molecule has 0 bridgehead atoms. The van der Waals surface area contributed by atoms with E-state index in [-0.39, 0.29) is 11.1 Å². The Morgan fingerprint density at radius 2 is 2.17 bits per heavy atom. The van der Waals surface area contributed by atoms with Crippen LogP contribution < -0.4 is 5.32 Å². The molecule has 1 saturated heterocycles. The molecule has 1 nitrogen and oxygen atoms in total. The van der Waals surface area contributed by atoms with Gasteiger partial charge in [0.2, 0.25) is 0 Å². The zero-order valence-corrected chi connectivity index (χ0v) is 12.5. The van der Waals surface area contributed by atoms with Gasteiger partial charge in [-0.15, -0.1) is 0 Å². The number of rotatable bonds is 3. The average molecular weight is 308 g/mol. The molecule has 0 aliphatic carbocycles. The molecule has 1 aliphatic rings. The first-order valence-electron chi connectivity index (χ1n) is 6.06. The lowest BCUT2D eigenvalue weighted by Gasteiger charge is -2.27. The van der Waals surface area contributed by atoms with Gasteiger partial charge < -0.3 is 5.32 Å². The second-order valence-electron chi connectivity index (χ2n) is 4.59. The highest BCUT2D eigenvalue weighted by atomic mass is 35.5. The van der Waals surface area contributed by atoms with E-state index in [1.54, 1.807) is 0 Å². The zero-order chi connectivity index (χ0) is 13.1. The van der Waals surface area contributed by atoms with Crippen molar-refractivity contribution in [2.45, 2.75) is 31.8 Å². The van der Waals surface area contributed by atoms with Gasteiger partial charge in [-0.1, -0.05) is 23.2 Å². The lowest BCUT2D eigenvalue weighted by molar-refractivity contribution is 0.451. The molecule has 5 heteroatoms. The van der Waals surface area contributed by atoms with Crippen LogP contribution in [0.1, 0.15) is 31.4 Å². The Labute approximate surface area is 121 Å². The summed E-state index contributed by atoms with van der Waals surface area (Å²) in [4.78, 5) is 0. The molecule has 2 unspecified atom stereocenters. The van der Waals surface area contributed by atoms with Crippen molar-refractivity contribution in [2.24, 2.45) is 0 Å². The minimum absolute atomic E-state index is 0.0352. The van der Waals surface area contributed by atoms with E-state index in [9.17, 15) is 4.39 Å². The number of thioether (sulfide) groups is 1. The van der Waals surface area contributed by atoms with Gasteiger partial charge in [-0.3, -0.25) is 0 Å². The lowest BCUT2D eigenvalue weighted by Crippen LogP contribution is -2.35. The van der Waals surface area contributed by atoms with Crippen molar-refractivity contribution in [3.63, 3.8) is 0 Å². The second-order valence-corrected chi connectivity index (χ2v) is 6.55. The molecule has 1 N–H and O–H groups in total. The molecule has 0 radical (unpaired) electrons. The summed E-state index contributed by atoms with van der Waals surface area (Å²) in [6, 6.07) is 3.42. The molecular formula is C13H16Cl2FNS. The highest BCUT2D eigenvalue weighted by Crippen LogP contribution is 2.29. The highest BCUT2D eigenvalue weighted by Gasteiger charge is 2.19. The molecule has 1 fully saturated rings. The minimum Gasteiger partial charge on any atom is -0.307 e. The first-order chi connectivity index (χ1) is 8.58. The van der Waals surface area contributed by atoms with Crippen LogP contribution in [0.2, 0.25) is 10.0 Å². The van der Waals surface area contributed by atoms with Crippen molar-refractivity contribution < 1.29 is 4.39 Å². The van der Waals surface area contributed by atoms with Gasteiger partial charge in [0.25, 0.3) is 0 Å². The predicted octanol–water partition coefficient (Wildman–Crippen LogP) is 4.68. The van der Waals surface area contributed by atoms with Gasteiger partial charge in [0.1, 0.15) is 5.82 Å². The molecule has 0 aromatic heterocycles. The molecule has 2 rings (SSSR count). The van der Waals surface area contributed by atoms with Crippen LogP contribution in [-0.4, -0.2) is 17.5 Å². The van der Waals surface area contributed by atoms with Crippen molar-refractivity contribution in [1.29, 1.82) is 0 Å². The molecule has 1 heterocycles. The topological polar surface area (TPSA) is 12.0 Å². The fourth-order valence-corrected chi connectivity index (χ4v) is 3.82. The Balaban J connectivity index is 2.08. The fraction of sp³-hybridized carbons (Fsp3) is 0.538. The van der Waals surface area contributed by atoms with Crippen LogP contribution in [0.15, 0.2) is 12.1 Å². The van der Waals surface area contributed by atoms with Crippen LogP contribution in [0.25, 0.3) is 0 Å². The Hall–Kier alpha value is 0.0400. The molecule has 18 heavy (non-hydrogen) atoms. The van der Waals surface area contributed by atoms with Gasteiger partial charge in [0.15, 0.2) is 0 Å². The highest BCUT2D eigenvalue weighted by molar-refractivity contribution is 7.99. The Morgan fingerprint density at radius 3 is 2.83 bits per heavy atom. The third-order valence-corrected chi connectivity index (χ3v) is 4.98. The number of halogens is 3. The molecule has 2 atom stereocenters. The average Bonchev–Trinajstić information content (AvgIpc) is 2.35. The van der Waals surface area contributed by atoms with Gasteiger partial charge in [0, 0.05) is 22.9 Å². The molecule has 1 aliphatic heterocycles. The third kappa shape index (κ3) is 3.53. The van der Waals surface area contributed by atoms with Gasteiger partial charge in [-0.05, 0) is 43.2 Å². The summed E-state index contributed by atoms with van der Waals surface area (Å²) in [5.41, 5.74) is 0.772. The van der Waals surface area contributed by atoms with Crippen LogP contribution in [-0.2, 0) is 0 Å². The first kappa shape index (κ1) is 14.4. The zero-order valence-electron chi connectivity index (χ0n) is 10.2. The number of nitrogens with one attached hydrogen (secondary N) is 1. The molecule has 100 valence electrons. The van der Waals surface area contributed by atoms with Crippen molar-refractivity contribution in [3.8, 4) is 0 Å². The van der Waals surface area contributed by atoms with Gasteiger partial charge in [-0.2, -0.15) is 11.8 Å². The summed E-state index contributed by atoms with van der Waals surface area (Å²) in [6.45, 7) is 2.01. The lowest BCUT2D eigenvalue weighted by atomic mass is 10.1. The fourth-order valence-electron chi connectivity index (χ4n) is 2.19. The normalized spacial score (nSPS) is 21.9. The van der Waals surface area contributed by atoms with E-state index in [1.807, 2.05) is 18.7 Å². The SMILES string of the molecule is CC(NC1CCCSC1)c1cc(F)c(Cl)cc1Cl. The summed E-state index contributed by atoms with van der Waals surface area (Å²) >= 11 is 13.8. The maximum absolute atomic E-state index is 13.5. The largest absolute Gasteiger partial charge is 0.307 e. The Kier molecular flexibility index (Phi) is 5.19. The Morgan fingerprint density at radius 1 is 1.39 bits per heavy atom. The number of hydrogen-bond acceptors (Lipinski definition) is 2. The monoisotopic (exact) mass is 307 g/mol. The van der Waals surface area contributed by atoms with Crippen molar-refractivity contribution in [3.05, 3.63) is 33.6 Å². The van der Waals surface area contributed by atoms with Crippen molar-refractivity contribution in [2.75, 3.05) is 11.5 Å².